The molecule has 0 atom stereocenters. The minimum absolute atomic E-state index is 0.583. The average molecular weight is 391 g/mol. The molecule has 1 nitrogen and oxygen atoms in total. The predicted molar refractivity (Wildman–Crippen MR) is 125 cm³/mol. The Morgan fingerprint density at radius 2 is 1.59 bits per heavy atom. The molecule has 1 aromatic rings. The first kappa shape index (κ1) is 23.2. The third-order valence-corrected chi connectivity index (χ3v) is 5.69. The van der Waals surface area contributed by atoms with Crippen molar-refractivity contribution in [2.75, 3.05) is 6.61 Å². The standard InChI is InChI=1S/C28H38O/c1-3-5-7-12-24-29-28-22-20-27(21-23-28)15-11-9-8-10-14-26-18-16-25(17-19-26)13-6-4-2/h8-9,20-23,25-26H,3-7,12-13,16-19,24H2,1-2H3/b9-8+. The second-order valence-electron chi connectivity index (χ2n) is 8.18. The van der Waals surface area contributed by atoms with Crippen LogP contribution in [0.1, 0.15) is 90.0 Å². The van der Waals surface area contributed by atoms with E-state index in [1.807, 2.05) is 36.4 Å². The Labute approximate surface area is 179 Å². The highest BCUT2D eigenvalue weighted by Gasteiger charge is 2.18. The van der Waals surface area contributed by atoms with Crippen molar-refractivity contribution in [1.82, 2.24) is 0 Å². The second kappa shape index (κ2) is 14.8. The maximum Gasteiger partial charge on any atom is 0.119 e. The summed E-state index contributed by atoms with van der Waals surface area (Å²) in [6.45, 7) is 5.31. The SMILES string of the molecule is CCCCCCOc1ccc(C#C/C=C/C#CC2CCC(CCCC)CC2)cc1. The maximum atomic E-state index is 5.77. The van der Waals surface area contributed by atoms with Crippen LogP contribution in [0.15, 0.2) is 36.4 Å². The molecule has 156 valence electrons. The summed E-state index contributed by atoms with van der Waals surface area (Å²) in [5.74, 6) is 15.3. The van der Waals surface area contributed by atoms with Gasteiger partial charge >= 0.3 is 0 Å². The van der Waals surface area contributed by atoms with E-state index in [9.17, 15) is 0 Å². The molecule has 0 heterocycles. The smallest absolute Gasteiger partial charge is 0.119 e. The highest BCUT2D eigenvalue weighted by atomic mass is 16.5. The molecule has 1 aromatic carbocycles. The van der Waals surface area contributed by atoms with Crippen LogP contribution in [0.5, 0.6) is 5.75 Å². The van der Waals surface area contributed by atoms with Crippen molar-refractivity contribution in [3.8, 4) is 29.4 Å². The van der Waals surface area contributed by atoms with Gasteiger partial charge in [-0.15, -0.1) is 0 Å². The largest absolute Gasteiger partial charge is 0.494 e. The number of hydrogen-bond donors (Lipinski definition) is 0. The van der Waals surface area contributed by atoms with E-state index in [0.29, 0.717) is 5.92 Å². The summed E-state index contributed by atoms with van der Waals surface area (Å²) < 4.78 is 5.77. The fraction of sp³-hybridized carbons (Fsp3) is 0.571. The van der Waals surface area contributed by atoms with Gasteiger partial charge in [-0.3, -0.25) is 0 Å². The Bertz CT molecular complexity index is 697. The van der Waals surface area contributed by atoms with Crippen LogP contribution in [-0.4, -0.2) is 6.61 Å². The molecule has 0 amide bonds. The Morgan fingerprint density at radius 3 is 2.31 bits per heavy atom. The van der Waals surface area contributed by atoms with E-state index in [-0.39, 0.29) is 0 Å². The fourth-order valence-electron chi connectivity index (χ4n) is 3.82. The molecule has 0 bridgehead atoms. The number of rotatable bonds is 9. The van der Waals surface area contributed by atoms with Crippen molar-refractivity contribution in [3.05, 3.63) is 42.0 Å². The molecule has 0 aromatic heterocycles. The zero-order chi connectivity index (χ0) is 20.6. The lowest BCUT2D eigenvalue weighted by atomic mass is 9.80. The molecule has 1 aliphatic rings. The Morgan fingerprint density at radius 1 is 0.862 bits per heavy atom. The van der Waals surface area contributed by atoms with Crippen LogP contribution in [0, 0.1) is 35.5 Å². The molecule has 1 aliphatic carbocycles. The fourth-order valence-corrected chi connectivity index (χ4v) is 3.82. The molecule has 1 heteroatoms. The third kappa shape index (κ3) is 10.3. The van der Waals surface area contributed by atoms with Crippen LogP contribution in [0.25, 0.3) is 0 Å². The number of unbranched alkanes of at least 4 members (excludes halogenated alkanes) is 4. The van der Waals surface area contributed by atoms with Crippen molar-refractivity contribution in [2.24, 2.45) is 11.8 Å². The monoisotopic (exact) mass is 390 g/mol. The van der Waals surface area contributed by atoms with Crippen molar-refractivity contribution in [3.63, 3.8) is 0 Å². The first-order valence-electron chi connectivity index (χ1n) is 11.7. The molecule has 2 rings (SSSR count). The van der Waals surface area contributed by atoms with E-state index in [2.05, 4.69) is 37.5 Å². The molecule has 1 fully saturated rings. The van der Waals surface area contributed by atoms with Crippen molar-refractivity contribution >= 4 is 0 Å². The van der Waals surface area contributed by atoms with Crippen LogP contribution >= 0.6 is 0 Å². The van der Waals surface area contributed by atoms with Gasteiger partial charge in [0.05, 0.1) is 6.61 Å². The van der Waals surface area contributed by atoms with Crippen LogP contribution in [0.3, 0.4) is 0 Å². The minimum atomic E-state index is 0.583. The molecule has 1 saturated carbocycles. The number of allylic oxidation sites excluding steroid dienone is 2. The third-order valence-electron chi connectivity index (χ3n) is 5.69. The quantitative estimate of drug-likeness (QED) is 0.312. The Hall–Kier alpha value is -2.12. The highest BCUT2D eigenvalue weighted by molar-refractivity contribution is 5.40. The molecular weight excluding hydrogens is 352 g/mol. The minimum Gasteiger partial charge on any atom is -0.494 e. The summed E-state index contributed by atoms with van der Waals surface area (Å²) in [6, 6.07) is 8.05. The molecule has 0 radical (unpaired) electrons. The van der Waals surface area contributed by atoms with Gasteiger partial charge in [-0.25, -0.2) is 0 Å². The van der Waals surface area contributed by atoms with Crippen LogP contribution in [0.4, 0.5) is 0 Å². The summed E-state index contributed by atoms with van der Waals surface area (Å²) >= 11 is 0. The molecule has 0 unspecified atom stereocenters. The molecule has 0 aliphatic heterocycles. The Kier molecular flexibility index (Phi) is 11.8. The van der Waals surface area contributed by atoms with Gasteiger partial charge < -0.3 is 4.74 Å². The Balaban J connectivity index is 1.67. The van der Waals surface area contributed by atoms with Gasteiger partial charge in [0.1, 0.15) is 5.75 Å². The van der Waals surface area contributed by atoms with Gasteiger partial charge in [-0.2, -0.15) is 0 Å². The van der Waals surface area contributed by atoms with Crippen molar-refractivity contribution in [2.45, 2.75) is 84.5 Å². The van der Waals surface area contributed by atoms with Crippen LogP contribution in [0.2, 0.25) is 0 Å². The second-order valence-corrected chi connectivity index (χ2v) is 8.18. The summed E-state index contributed by atoms with van der Waals surface area (Å²) in [6.07, 6.45) is 18.1. The van der Waals surface area contributed by atoms with E-state index >= 15 is 0 Å². The van der Waals surface area contributed by atoms with E-state index < -0.39 is 0 Å². The van der Waals surface area contributed by atoms with E-state index in [0.717, 1.165) is 30.3 Å². The van der Waals surface area contributed by atoms with Crippen molar-refractivity contribution < 1.29 is 4.74 Å². The van der Waals surface area contributed by atoms with Gasteiger partial charge in [-0.05, 0) is 74.4 Å². The van der Waals surface area contributed by atoms with Crippen molar-refractivity contribution in [1.29, 1.82) is 0 Å². The summed E-state index contributed by atoms with van der Waals surface area (Å²) in [7, 11) is 0. The molecule has 0 N–H and O–H groups in total. The maximum absolute atomic E-state index is 5.77. The number of benzene rings is 1. The molecular formula is C28H38O. The van der Waals surface area contributed by atoms with Crippen LogP contribution < -0.4 is 4.74 Å². The molecule has 0 saturated heterocycles. The van der Waals surface area contributed by atoms with Gasteiger partial charge in [0.25, 0.3) is 0 Å². The molecule has 0 spiro atoms. The zero-order valence-electron chi connectivity index (χ0n) is 18.5. The van der Waals surface area contributed by atoms with Crippen LogP contribution in [-0.2, 0) is 0 Å². The van der Waals surface area contributed by atoms with Gasteiger partial charge in [0.15, 0.2) is 0 Å². The number of hydrogen-bond acceptors (Lipinski definition) is 1. The van der Waals surface area contributed by atoms with Gasteiger partial charge in [0.2, 0.25) is 0 Å². The summed E-state index contributed by atoms with van der Waals surface area (Å²) in [5, 5.41) is 0. The predicted octanol–water partition coefficient (Wildman–Crippen LogP) is 7.55. The van der Waals surface area contributed by atoms with Gasteiger partial charge in [-0.1, -0.05) is 76.1 Å². The lowest BCUT2D eigenvalue weighted by molar-refractivity contribution is 0.296. The zero-order valence-corrected chi connectivity index (χ0v) is 18.5. The summed E-state index contributed by atoms with van der Waals surface area (Å²) in [4.78, 5) is 0. The van der Waals surface area contributed by atoms with E-state index in [4.69, 9.17) is 4.74 Å². The van der Waals surface area contributed by atoms with E-state index in [1.54, 1.807) is 0 Å². The lowest BCUT2D eigenvalue weighted by Gasteiger charge is -2.25. The number of ether oxygens (including phenoxy) is 1. The molecule has 29 heavy (non-hydrogen) atoms. The topological polar surface area (TPSA) is 9.23 Å². The lowest BCUT2D eigenvalue weighted by Crippen LogP contribution is -2.13. The van der Waals surface area contributed by atoms with Gasteiger partial charge in [0, 0.05) is 11.5 Å². The van der Waals surface area contributed by atoms with E-state index in [1.165, 1.54) is 64.2 Å². The summed E-state index contributed by atoms with van der Waals surface area (Å²) in [5.41, 5.74) is 1.01. The average Bonchev–Trinajstić information content (AvgIpc) is 2.76. The first-order chi connectivity index (χ1) is 14.3. The normalized spacial score (nSPS) is 18.6. The first-order valence-corrected chi connectivity index (χ1v) is 11.7. The highest BCUT2D eigenvalue weighted by Crippen LogP contribution is 2.31.